The number of pyridine rings is 1. The highest BCUT2D eigenvalue weighted by Gasteiger charge is 2.33. The number of halogens is 3. The van der Waals surface area contributed by atoms with Crippen LogP contribution in [-0.2, 0) is 11.0 Å². The van der Waals surface area contributed by atoms with Gasteiger partial charge >= 0.3 is 6.18 Å². The predicted octanol–water partition coefficient (Wildman–Crippen LogP) is 1.05. The number of hydrogen-bond donors (Lipinski definition) is 2. The number of nitrogens with zero attached hydrogens (tertiary/aromatic N) is 2. The third-order valence-electron chi connectivity index (χ3n) is 2.46. The molecule has 110 valence electrons. The van der Waals surface area contributed by atoms with Crippen LogP contribution in [0, 0.1) is 0 Å². The smallest absolute Gasteiger partial charge is 0.389 e. The molecule has 1 aromatic heterocycles. The summed E-state index contributed by atoms with van der Waals surface area (Å²) in [5.74, 6) is -0.798. The van der Waals surface area contributed by atoms with E-state index in [0.29, 0.717) is 0 Å². The number of alkyl halides is 3. The molecule has 0 aromatic carbocycles. The lowest BCUT2D eigenvalue weighted by molar-refractivity contribution is -0.141. The largest absolute Gasteiger partial charge is 0.433 e. The Hall–Kier alpha value is -1.90. The first kappa shape index (κ1) is 16.2. The highest BCUT2D eigenvalue weighted by atomic mass is 32.1. The van der Waals surface area contributed by atoms with Gasteiger partial charge in [0, 0.05) is 6.54 Å². The topological polar surface area (TPSA) is 85.2 Å². The Balaban J connectivity index is 3.37. The number of likely N-dealkylation sites (N-methyl/N-ethyl adjacent to an activating group) is 1. The lowest BCUT2D eigenvalue weighted by atomic mass is 10.2. The van der Waals surface area contributed by atoms with E-state index in [1.165, 1.54) is 4.90 Å². The van der Waals surface area contributed by atoms with Crippen molar-refractivity contribution in [3.05, 3.63) is 23.4 Å². The minimum absolute atomic E-state index is 0.103. The van der Waals surface area contributed by atoms with Crippen LogP contribution in [0.5, 0.6) is 0 Å². The van der Waals surface area contributed by atoms with Crippen LogP contribution in [0.15, 0.2) is 12.1 Å². The first-order chi connectivity index (χ1) is 9.16. The molecule has 0 unspecified atom stereocenters. The summed E-state index contributed by atoms with van der Waals surface area (Å²) in [7, 11) is 0. The Morgan fingerprint density at radius 3 is 2.40 bits per heavy atom. The molecule has 1 aromatic rings. The molecule has 0 aliphatic rings. The van der Waals surface area contributed by atoms with E-state index in [1.54, 1.807) is 6.92 Å². The quantitative estimate of drug-likeness (QED) is 0.794. The number of primary amides is 1. The van der Waals surface area contributed by atoms with Crippen molar-refractivity contribution in [1.82, 2.24) is 4.98 Å². The van der Waals surface area contributed by atoms with E-state index in [-0.39, 0.29) is 29.5 Å². The Morgan fingerprint density at radius 1 is 1.40 bits per heavy atom. The summed E-state index contributed by atoms with van der Waals surface area (Å²) in [6, 6.07) is 1.92. The van der Waals surface area contributed by atoms with Crippen LogP contribution in [0.1, 0.15) is 18.2 Å². The summed E-state index contributed by atoms with van der Waals surface area (Å²) in [5, 5.41) is 0. The maximum atomic E-state index is 12.7. The van der Waals surface area contributed by atoms with Gasteiger partial charge in [0.2, 0.25) is 5.91 Å². The Labute approximate surface area is 118 Å². The van der Waals surface area contributed by atoms with E-state index in [1.807, 2.05) is 0 Å². The lowest BCUT2D eigenvalue weighted by Crippen LogP contribution is -2.36. The highest BCUT2D eigenvalue weighted by molar-refractivity contribution is 7.80. The van der Waals surface area contributed by atoms with Crippen LogP contribution in [-0.4, -0.2) is 29.0 Å². The molecular formula is C11H13F3N4OS. The molecular weight excluding hydrogens is 293 g/mol. The molecule has 0 aliphatic carbocycles. The van der Waals surface area contributed by atoms with Crippen LogP contribution >= 0.6 is 12.2 Å². The van der Waals surface area contributed by atoms with Gasteiger partial charge < -0.3 is 16.4 Å². The summed E-state index contributed by atoms with van der Waals surface area (Å²) in [4.78, 5) is 15.7. The summed E-state index contributed by atoms with van der Waals surface area (Å²) >= 11 is 4.78. The Kier molecular flexibility index (Phi) is 4.88. The maximum Gasteiger partial charge on any atom is 0.433 e. The number of amides is 1. The van der Waals surface area contributed by atoms with E-state index in [0.717, 1.165) is 12.1 Å². The zero-order valence-electron chi connectivity index (χ0n) is 10.6. The molecule has 20 heavy (non-hydrogen) atoms. The molecule has 0 bridgehead atoms. The minimum atomic E-state index is -4.60. The van der Waals surface area contributed by atoms with Crippen molar-refractivity contribution < 1.29 is 18.0 Å². The standard InChI is InChI=1S/C11H13F3N4OS/c1-2-18(5-8(15)19)10-6(9(16)20)3-4-7(17-10)11(12,13)14/h3-4H,2,5H2,1H3,(H2,15,19)(H2,16,20). The van der Waals surface area contributed by atoms with Crippen molar-refractivity contribution in [2.24, 2.45) is 11.5 Å². The number of nitrogens with two attached hydrogens (primary N) is 2. The molecule has 0 fully saturated rings. The molecule has 1 rings (SSSR count). The van der Waals surface area contributed by atoms with Gasteiger partial charge in [-0.25, -0.2) is 4.98 Å². The summed E-state index contributed by atoms with van der Waals surface area (Å²) < 4.78 is 38.1. The average Bonchev–Trinajstić information content (AvgIpc) is 2.33. The van der Waals surface area contributed by atoms with E-state index in [4.69, 9.17) is 23.7 Å². The van der Waals surface area contributed by atoms with Crippen molar-refractivity contribution in [2.75, 3.05) is 18.0 Å². The Bertz CT molecular complexity index is 533. The first-order valence-corrected chi connectivity index (χ1v) is 5.99. The van der Waals surface area contributed by atoms with Crippen molar-refractivity contribution in [1.29, 1.82) is 0 Å². The molecule has 9 heteroatoms. The number of rotatable bonds is 5. The molecule has 4 N–H and O–H groups in total. The van der Waals surface area contributed by atoms with Gasteiger partial charge in [-0.2, -0.15) is 13.2 Å². The molecule has 0 aliphatic heterocycles. The fourth-order valence-electron chi connectivity index (χ4n) is 1.56. The SMILES string of the molecule is CCN(CC(N)=O)c1nc(C(F)(F)F)ccc1C(N)=S. The van der Waals surface area contributed by atoms with Crippen molar-refractivity contribution in [2.45, 2.75) is 13.1 Å². The van der Waals surface area contributed by atoms with Crippen LogP contribution in [0.4, 0.5) is 19.0 Å². The molecule has 0 radical (unpaired) electrons. The average molecular weight is 306 g/mol. The number of anilines is 1. The van der Waals surface area contributed by atoms with E-state index < -0.39 is 17.8 Å². The Morgan fingerprint density at radius 2 is 2.00 bits per heavy atom. The molecule has 0 saturated heterocycles. The molecule has 0 atom stereocenters. The van der Waals surface area contributed by atoms with Crippen molar-refractivity contribution in [3.8, 4) is 0 Å². The number of aromatic nitrogens is 1. The second-order valence-electron chi connectivity index (χ2n) is 3.91. The van der Waals surface area contributed by atoms with Crippen LogP contribution in [0.3, 0.4) is 0 Å². The van der Waals surface area contributed by atoms with E-state index in [9.17, 15) is 18.0 Å². The summed E-state index contributed by atoms with van der Waals surface area (Å²) in [6.07, 6.45) is -4.60. The van der Waals surface area contributed by atoms with Gasteiger partial charge in [0.1, 0.15) is 16.5 Å². The molecule has 1 heterocycles. The number of hydrogen-bond acceptors (Lipinski definition) is 4. The summed E-state index contributed by atoms with van der Waals surface area (Å²) in [5.41, 5.74) is 9.60. The van der Waals surface area contributed by atoms with Gasteiger partial charge in [-0.05, 0) is 19.1 Å². The van der Waals surface area contributed by atoms with Crippen LogP contribution < -0.4 is 16.4 Å². The highest BCUT2D eigenvalue weighted by Crippen LogP contribution is 2.30. The van der Waals surface area contributed by atoms with Gasteiger partial charge in [0.05, 0.1) is 12.1 Å². The minimum Gasteiger partial charge on any atom is -0.389 e. The predicted molar refractivity (Wildman–Crippen MR) is 72.2 cm³/mol. The van der Waals surface area contributed by atoms with Crippen molar-refractivity contribution in [3.63, 3.8) is 0 Å². The van der Waals surface area contributed by atoms with E-state index >= 15 is 0 Å². The molecule has 0 saturated carbocycles. The second-order valence-corrected chi connectivity index (χ2v) is 4.35. The lowest BCUT2D eigenvalue weighted by Gasteiger charge is -2.23. The van der Waals surface area contributed by atoms with Gasteiger partial charge in [-0.1, -0.05) is 12.2 Å². The fraction of sp³-hybridized carbons (Fsp3) is 0.364. The third-order valence-corrected chi connectivity index (χ3v) is 2.68. The molecule has 5 nitrogen and oxygen atoms in total. The van der Waals surface area contributed by atoms with Gasteiger partial charge in [-0.3, -0.25) is 4.79 Å². The zero-order chi connectivity index (χ0) is 15.5. The van der Waals surface area contributed by atoms with Crippen LogP contribution in [0.2, 0.25) is 0 Å². The zero-order valence-corrected chi connectivity index (χ0v) is 11.4. The third kappa shape index (κ3) is 3.80. The van der Waals surface area contributed by atoms with Crippen LogP contribution in [0.25, 0.3) is 0 Å². The summed E-state index contributed by atoms with van der Waals surface area (Å²) in [6.45, 7) is 1.60. The van der Waals surface area contributed by atoms with Crippen molar-refractivity contribution >= 4 is 28.9 Å². The first-order valence-electron chi connectivity index (χ1n) is 5.58. The van der Waals surface area contributed by atoms with E-state index in [2.05, 4.69) is 4.98 Å². The second kappa shape index (κ2) is 6.04. The van der Waals surface area contributed by atoms with Gasteiger partial charge in [0.25, 0.3) is 0 Å². The maximum absolute atomic E-state index is 12.7. The molecule has 0 spiro atoms. The monoisotopic (exact) mass is 306 g/mol. The number of carbonyl (C=O) groups is 1. The van der Waals surface area contributed by atoms with Gasteiger partial charge in [0.15, 0.2) is 0 Å². The molecule has 1 amide bonds. The number of carbonyl (C=O) groups excluding carboxylic acids is 1. The fourth-order valence-corrected chi connectivity index (χ4v) is 1.72. The normalized spacial score (nSPS) is 11.2. The van der Waals surface area contributed by atoms with Gasteiger partial charge in [-0.15, -0.1) is 0 Å². The number of thiocarbonyl (C=S) groups is 1.